The Morgan fingerprint density at radius 3 is 2.45 bits per heavy atom. The van der Waals surface area contributed by atoms with Gasteiger partial charge >= 0.3 is 6.18 Å². The van der Waals surface area contributed by atoms with Crippen LogP contribution in [0.3, 0.4) is 0 Å². The molecule has 0 fully saturated rings. The van der Waals surface area contributed by atoms with Crippen molar-refractivity contribution in [2.75, 3.05) is 27.2 Å². The number of alkyl halides is 3. The van der Waals surface area contributed by atoms with Gasteiger partial charge in [-0.1, -0.05) is 6.07 Å². The summed E-state index contributed by atoms with van der Waals surface area (Å²) in [5, 5.41) is 3.07. The number of benzene rings is 1. The molecule has 114 valence electrons. The SMILES string of the molecule is CN(C)CCCCNCc1ccc(F)c(C(F)(F)F)c1. The molecule has 1 N–H and O–H groups in total. The first-order chi connectivity index (χ1) is 9.30. The van der Waals surface area contributed by atoms with Gasteiger partial charge in [0, 0.05) is 6.54 Å². The Labute approximate surface area is 116 Å². The maximum Gasteiger partial charge on any atom is 0.419 e. The van der Waals surface area contributed by atoms with Crippen molar-refractivity contribution in [3.63, 3.8) is 0 Å². The number of hydrogen-bond donors (Lipinski definition) is 1. The lowest BCUT2D eigenvalue weighted by Crippen LogP contribution is -2.18. The van der Waals surface area contributed by atoms with Gasteiger partial charge in [0.15, 0.2) is 0 Å². The van der Waals surface area contributed by atoms with Gasteiger partial charge in [0.2, 0.25) is 0 Å². The molecule has 0 unspecified atom stereocenters. The van der Waals surface area contributed by atoms with Gasteiger partial charge in [0.1, 0.15) is 5.82 Å². The number of nitrogens with one attached hydrogen (secondary N) is 1. The van der Waals surface area contributed by atoms with Crippen LogP contribution < -0.4 is 5.32 Å². The van der Waals surface area contributed by atoms with Crippen molar-refractivity contribution in [3.8, 4) is 0 Å². The molecule has 0 aliphatic rings. The number of nitrogens with zero attached hydrogens (tertiary/aromatic N) is 1. The van der Waals surface area contributed by atoms with E-state index in [1.165, 1.54) is 6.07 Å². The molecule has 1 aromatic carbocycles. The summed E-state index contributed by atoms with van der Waals surface area (Å²) in [5.41, 5.74) is -0.768. The van der Waals surface area contributed by atoms with Crippen LogP contribution >= 0.6 is 0 Å². The van der Waals surface area contributed by atoms with Crippen molar-refractivity contribution in [1.29, 1.82) is 0 Å². The number of hydrogen-bond acceptors (Lipinski definition) is 2. The number of halogens is 4. The minimum atomic E-state index is -4.65. The fraction of sp³-hybridized carbons (Fsp3) is 0.571. The third-order valence-corrected chi connectivity index (χ3v) is 2.87. The molecule has 0 spiro atoms. The van der Waals surface area contributed by atoms with Crippen molar-refractivity contribution >= 4 is 0 Å². The molecule has 6 heteroatoms. The van der Waals surface area contributed by atoms with Crippen LogP contribution in [0.15, 0.2) is 18.2 Å². The summed E-state index contributed by atoms with van der Waals surface area (Å²) in [6.07, 6.45) is -2.67. The second-order valence-electron chi connectivity index (χ2n) is 5.00. The van der Waals surface area contributed by atoms with Crippen molar-refractivity contribution in [1.82, 2.24) is 10.2 Å². The molecule has 20 heavy (non-hydrogen) atoms. The Balaban J connectivity index is 2.41. The first-order valence-corrected chi connectivity index (χ1v) is 6.52. The Hall–Kier alpha value is -1.14. The molecule has 2 nitrogen and oxygen atoms in total. The summed E-state index contributed by atoms with van der Waals surface area (Å²) < 4.78 is 50.7. The summed E-state index contributed by atoms with van der Waals surface area (Å²) >= 11 is 0. The summed E-state index contributed by atoms with van der Waals surface area (Å²) in [6.45, 7) is 2.02. The van der Waals surface area contributed by atoms with Crippen LogP contribution in [-0.4, -0.2) is 32.1 Å². The quantitative estimate of drug-likeness (QED) is 0.613. The van der Waals surface area contributed by atoms with Gasteiger partial charge in [-0.3, -0.25) is 0 Å². The lowest BCUT2D eigenvalue weighted by molar-refractivity contribution is -0.140. The molecule has 0 saturated carbocycles. The van der Waals surface area contributed by atoms with Gasteiger partial charge in [0.05, 0.1) is 5.56 Å². The summed E-state index contributed by atoms with van der Waals surface area (Å²) in [5.74, 6) is -1.23. The first kappa shape index (κ1) is 16.9. The molecule has 0 heterocycles. The van der Waals surface area contributed by atoms with Crippen molar-refractivity contribution < 1.29 is 17.6 Å². The predicted octanol–water partition coefficient (Wildman–Crippen LogP) is 3.28. The average molecular weight is 292 g/mol. The van der Waals surface area contributed by atoms with E-state index in [2.05, 4.69) is 10.2 Å². The molecule has 1 rings (SSSR count). The number of unbranched alkanes of at least 4 members (excludes halogenated alkanes) is 1. The Kier molecular flexibility index (Phi) is 6.42. The van der Waals surface area contributed by atoms with Crippen molar-refractivity contribution in [3.05, 3.63) is 35.1 Å². The molecule has 1 aromatic rings. The predicted molar refractivity (Wildman–Crippen MR) is 70.9 cm³/mol. The molecule has 0 aliphatic carbocycles. The minimum absolute atomic E-state index is 0.311. The molecule has 0 bridgehead atoms. The minimum Gasteiger partial charge on any atom is -0.313 e. The van der Waals surface area contributed by atoms with E-state index in [1.807, 2.05) is 14.1 Å². The van der Waals surface area contributed by atoms with Crippen LogP contribution in [0.25, 0.3) is 0 Å². The molecule has 0 amide bonds. The monoisotopic (exact) mass is 292 g/mol. The lowest BCUT2D eigenvalue weighted by Gasteiger charge is -2.11. The van der Waals surface area contributed by atoms with Gasteiger partial charge in [-0.25, -0.2) is 4.39 Å². The highest BCUT2D eigenvalue weighted by molar-refractivity contribution is 5.27. The fourth-order valence-corrected chi connectivity index (χ4v) is 1.81. The summed E-state index contributed by atoms with van der Waals surface area (Å²) in [6, 6.07) is 3.10. The van der Waals surface area contributed by atoms with E-state index in [4.69, 9.17) is 0 Å². The van der Waals surface area contributed by atoms with Crippen LogP contribution in [0, 0.1) is 5.82 Å². The second kappa shape index (κ2) is 7.59. The largest absolute Gasteiger partial charge is 0.419 e. The average Bonchev–Trinajstić information content (AvgIpc) is 2.33. The van der Waals surface area contributed by atoms with Gasteiger partial charge < -0.3 is 10.2 Å². The molecule has 0 atom stereocenters. The van der Waals surface area contributed by atoms with E-state index in [9.17, 15) is 17.6 Å². The van der Waals surface area contributed by atoms with E-state index in [1.54, 1.807) is 0 Å². The summed E-state index contributed by atoms with van der Waals surface area (Å²) in [7, 11) is 3.98. The van der Waals surface area contributed by atoms with Crippen LogP contribution in [0.4, 0.5) is 17.6 Å². The molecular weight excluding hydrogens is 272 g/mol. The van der Waals surface area contributed by atoms with Crippen molar-refractivity contribution in [2.45, 2.75) is 25.6 Å². The highest BCUT2D eigenvalue weighted by atomic mass is 19.4. The third kappa shape index (κ3) is 5.88. The van der Waals surface area contributed by atoms with Crippen LogP contribution in [0.5, 0.6) is 0 Å². The standard InChI is InChI=1S/C14H20F4N2/c1-20(2)8-4-3-7-19-10-11-5-6-13(15)12(9-11)14(16,17)18/h5-6,9,19H,3-4,7-8,10H2,1-2H3. The molecule has 0 radical (unpaired) electrons. The summed E-state index contributed by atoms with van der Waals surface area (Å²) in [4.78, 5) is 2.08. The first-order valence-electron chi connectivity index (χ1n) is 6.52. The second-order valence-corrected chi connectivity index (χ2v) is 5.00. The van der Waals surface area contributed by atoms with E-state index >= 15 is 0 Å². The molecule has 0 aliphatic heterocycles. The number of rotatable bonds is 7. The van der Waals surface area contributed by atoms with Crippen LogP contribution in [0.2, 0.25) is 0 Å². The Morgan fingerprint density at radius 1 is 1.15 bits per heavy atom. The maximum absolute atomic E-state index is 13.1. The van der Waals surface area contributed by atoms with Gasteiger partial charge in [-0.15, -0.1) is 0 Å². The fourth-order valence-electron chi connectivity index (χ4n) is 1.81. The van der Waals surface area contributed by atoms with E-state index in [0.717, 1.165) is 38.1 Å². The van der Waals surface area contributed by atoms with Gasteiger partial charge in [-0.2, -0.15) is 13.2 Å². The Bertz CT molecular complexity index is 416. The highest BCUT2D eigenvalue weighted by Gasteiger charge is 2.34. The van der Waals surface area contributed by atoms with Crippen molar-refractivity contribution in [2.24, 2.45) is 0 Å². The van der Waals surface area contributed by atoms with Gasteiger partial charge in [-0.05, 0) is 57.7 Å². The molecular formula is C14H20F4N2. The highest BCUT2D eigenvalue weighted by Crippen LogP contribution is 2.31. The third-order valence-electron chi connectivity index (χ3n) is 2.87. The molecule has 0 aromatic heterocycles. The topological polar surface area (TPSA) is 15.3 Å². The maximum atomic E-state index is 13.1. The Morgan fingerprint density at radius 2 is 1.85 bits per heavy atom. The lowest BCUT2D eigenvalue weighted by atomic mass is 10.1. The van der Waals surface area contributed by atoms with E-state index in [0.29, 0.717) is 12.1 Å². The van der Waals surface area contributed by atoms with Crippen LogP contribution in [-0.2, 0) is 12.7 Å². The zero-order valence-electron chi connectivity index (χ0n) is 11.7. The normalized spacial score (nSPS) is 12.2. The van der Waals surface area contributed by atoms with E-state index in [-0.39, 0.29) is 0 Å². The van der Waals surface area contributed by atoms with Crippen LogP contribution in [0.1, 0.15) is 24.0 Å². The smallest absolute Gasteiger partial charge is 0.313 e. The molecule has 0 saturated heterocycles. The van der Waals surface area contributed by atoms with Gasteiger partial charge in [0.25, 0.3) is 0 Å². The van der Waals surface area contributed by atoms with E-state index < -0.39 is 17.6 Å². The zero-order chi connectivity index (χ0) is 15.2. The zero-order valence-corrected chi connectivity index (χ0v) is 11.7.